The Kier molecular flexibility index (Phi) is 3.97. The molecule has 1 saturated heterocycles. The molecule has 17 heavy (non-hydrogen) atoms. The lowest BCUT2D eigenvalue weighted by Gasteiger charge is -2.28. The molecule has 1 aromatic rings. The summed E-state index contributed by atoms with van der Waals surface area (Å²) in [7, 11) is 0. The zero-order valence-electron chi connectivity index (χ0n) is 9.40. The van der Waals surface area contributed by atoms with Crippen LogP contribution in [-0.4, -0.2) is 28.1 Å². The number of carbonyl (C=O) groups is 1. The first-order valence-electron chi connectivity index (χ1n) is 5.74. The summed E-state index contributed by atoms with van der Waals surface area (Å²) in [6.45, 7) is 0. The average molecular weight is 255 g/mol. The molecule has 0 radical (unpaired) electrons. The summed E-state index contributed by atoms with van der Waals surface area (Å²) in [5, 5.41) is 12.8. The van der Waals surface area contributed by atoms with Gasteiger partial charge in [0.2, 0.25) is 0 Å². The molecule has 5 heteroatoms. The van der Waals surface area contributed by atoms with Crippen LogP contribution in [0.25, 0.3) is 0 Å². The van der Waals surface area contributed by atoms with Crippen LogP contribution in [0.4, 0.5) is 0 Å². The van der Waals surface area contributed by atoms with Gasteiger partial charge in [-0.3, -0.25) is 9.78 Å². The van der Waals surface area contributed by atoms with E-state index >= 15 is 0 Å². The summed E-state index contributed by atoms with van der Waals surface area (Å²) in [5.74, 6) is -0.768. The molecule has 1 aliphatic rings. The van der Waals surface area contributed by atoms with E-state index < -0.39 is 12.0 Å². The molecule has 2 atom stereocenters. The van der Waals surface area contributed by atoms with Gasteiger partial charge in [-0.1, -0.05) is 11.6 Å². The smallest absolute Gasteiger partial charge is 0.320 e. The first-order valence-corrected chi connectivity index (χ1v) is 6.12. The summed E-state index contributed by atoms with van der Waals surface area (Å²) >= 11 is 6.04. The summed E-state index contributed by atoms with van der Waals surface area (Å²) in [6, 6.07) is 1.65. The van der Waals surface area contributed by atoms with Crippen LogP contribution in [0.1, 0.15) is 24.8 Å². The lowest BCUT2D eigenvalue weighted by molar-refractivity contribution is -0.140. The number of aliphatic carboxylic acids is 1. The molecule has 0 bridgehead atoms. The van der Waals surface area contributed by atoms with Gasteiger partial charge in [-0.25, -0.2) is 0 Å². The maximum atomic E-state index is 10.9. The van der Waals surface area contributed by atoms with Crippen LogP contribution < -0.4 is 5.32 Å². The SMILES string of the molecule is O=C(O)C1CCCC(Cc2ccncc2Cl)N1. The zero-order valence-corrected chi connectivity index (χ0v) is 10.2. The van der Waals surface area contributed by atoms with Crippen LogP contribution in [-0.2, 0) is 11.2 Å². The molecular formula is C12H15ClN2O2. The van der Waals surface area contributed by atoms with E-state index in [0.717, 1.165) is 24.8 Å². The van der Waals surface area contributed by atoms with Crippen molar-refractivity contribution >= 4 is 17.6 Å². The lowest BCUT2D eigenvalue weighted by Crippen LogP contribution is -2.47. The first-order chi connectivity index (χ1) is 8.16. The van der Waals surface area contributed by atoms with Crippen molar-refractivity contribution in [3.63, 3.8) is 0 Å². The van der Waals surface area contributed by atoms with E-state index in [1.165, 1.54) is 0 Å². The van der Waals surface area contributed by atoms with Gasteiger partial charge in [0.15, 0.2) is 0 Å². The Morgan fingerprint density at radius 2 is 2.41 bits per heavy atom. The Labute approximate surface area is 105 Å². The maximum absolute atomic E-state index is 10.9. The summed E-state index contributed by atoms with van der Waals surface area (Å²) in [4.78, 5) is 14.9. The molecule has 1 aliphatic heterocycles. The summed E-state index contributed by atoms with van der Waals surface area (Å²) in [5.41, 5.74) is 1.02. The molecule has 0 aliphatic carbocycles. The molecule has 0 saturated carbocycles. The second-order valence-corrected chi connectivity index (χ2v) is 4.76. The molecule has 2 N–H and O–H groups in total. The molecule has 1 fully saturated rings. The molecular weight excluding hydrogens is 240 g/mol. The van der Waals surface area contributed by atoms with Crippen LogP contribution in [0.15, 0.2) is 18.5 Å². The fraction of sp³-hybridized carbons (Fsp3) is 0.500. The number of hydrogen-bond donors (Lipinski definition) is 2. The van der Waals surface area contributed by atoms with Gasteiger partial charge in [-0.2, -0.15) is 0 Å². The molecule has 92 valence electrons. The van der Waals surface area contributed by atoms with Crippen molar-refractivity contribution in [1.29, 1.82) is 0 Å². The van der Waals surface area contributed by atoms with Crippen molar-refractivity contribution < 1.29 is 9.90 Å². The van der Waals surface area contributed by atoms with E-state index in [1.54, 1.807) is 12.4 Å². The molecule has 4 nitrogen and oxygen atoms in total. The largest absolute Gasteiger partial charge is 0.480 e. The number of aromatic nitrogens is 1. The standard InChI is InChI=1S/C12H15ClN2O2/c13-10-7-14-5-4-8(10)6-9-2-1-3-11(15-9)12(16)17/h4-5,7,9,11,15H,1-3,6H2,(H,16,17). The molecule has 0 amide bonds. The molecule has 2 heterocycles. The van der Waals surface area contributed by atoms with Gasteiger partial charge in [0.1, 0.15) is 6.04 Å². The molecule has 1 aromatic heterocycles. The van der Waals surface area contributed by atoms with E-state index in [9.17, 15) is 4.79 Å². The van der Waals surface area contributed by atoms with E-state index in [0.29, 0.717) is 11.4 Å². The van der Waals surface area contributed by atoms with Crippen LogP contribution in [0.2, 0.25) is 5.02 Å². The van der Waals surface area contributed by atoms with Gasteiger partial charge >= 0.3 is 5.97 Å². The number of carboxylic acids is 1. The number of pyridine rings is 1. The van der Waals surface area contributed by atoms with Gasteiger partial charge < -0.3 is 10.4 Å². The highest BCUT2D eigenvalue weighted by atomic mass is 35.5. The van der Waals surface area contributed by atoms with E-state index in [1.807, 2.05) is 6.07 Å². The number of nitrogens with zero attached hydrogens (tertiary/aromatic N) is 1. The Morgan fingerprint density at radius 3 is 3.12 bits per heavy atom. The number of hydrogen-bond acceptors (Lipinski definition) is 3. The fourth-order valence-corrected chi connectivity index (χ4v) is 2.41. The van der Waals surface area contributed by atoms with Gasteiger partial charge in [0.05, 0.1) is 5.02 Å². The monoisotopic (exact) mass is 254 g/mol. The van der Waals surface area contributed by atoms with Crippen molar-refractivity contribution in [1.82, 2.24) is 10.3 Å². The van der Waals surface area contributed by atoms with Crippen molar-refractivity contribution in [3.05, 3.63) is 29.0 Å². The average Bonchev–Trinajstić information content (AvgIpc) is 2.32. The highest BCUT2D eigenvalue weighted by molar-refractivity contribution is 6.31. The topological polar surface area (TPSA) is 62.2 Å². The van der Waals surface area contributed by atoms with E-state index in [-0.39, 0.29) is 6.04 Å². The van der Waals surface area contributed by atoms with Crippen molar-refractivity contribution in [2.24, 2.45) is 0 Å². The van der Waals surface area contributed by atoms with E-state index in [4.69, 9.17) is 16.7 Å². The van der Waals surface area contributed by atoms with Gasteiger partial charge in [0, 0.05) is 18.4 Å². The molecule has 0 aromatic carbocycles. The minimum atomic E-state index is -0.768. The third kappa shape index (κ3) is 3.17. The van der Waals surface area contributed by atoms with Gasteiger partial charge in [-0.15, -0.1) is 0 Å². The van der Waals surface area contributed by atoms with Crippen molar-refractivity contribution in [3.8, 4) is 0 Å². The minimum Gasteiger partial charge on any atom is -0.480 e. The van der Waals surface area contributed by atoms with Crippen LogP contribution in [0.3, 0.4) is 0 Å². The second-order valence-electron chi connectivity index (χ2n) is 4.36. The Morgan fingerprint density at radius 1 is 1.59 bits per heavy atom. The number of piperidine rings is 1. The normalized spacial score (nSPS) is 24.5. The fourth-order valence-electron chi connectivity index (χ4n) is 2.21. The minimum absolute atomic E-state index is 0.185. The Hall–Kier alpha value is -1.13. The van der Waals surface area contributed by atoms with Gasteiger partial charge in [-0.05, 0) is 37.3 Å². The highest BCUT2D eigenvalue weighted by Gasteiger charge is 2.26. The highest BCUT2D eigenvalue weighted by Crippen LogP contribution is 2.20. The van der Waals surface area contributed by atoms with Gasteiger partial charge in [0.25, 0.3) is 0 Å². The van der Waals surface area contributed by atoms with Crippen LogP contribution >= 0.6 is 11.6 Å². The predicted octanol–water partition coefficient (Wildman–Crippen LogP) is 1.87. The second kappa shape index (κ2) is 5.47. The third-order valence-electron chi connectivity index (χ3n) is 3.10. The predicted molar refractivity (Wildman–Crippen MR) is 65.1 cm³/mol. The summed E-state index contributed by atoms with van der Waals surface area (Å²) in [6.07, 6.45) is 6.72. The third-order valence-corrected chi connectivity index (χ3v) is 3.44. The Balaban J connectivity index is 1.99. The van der Waals surface area contributed by atoms with Crippen molar-refractivity contribution in [2.75, 3.05) is 0 Å². The maximum Gasteiger partial charge on any atom is 0.320 e. The Bertz CT molecular complexity index is 411. The molecule has 2 rings (SSSR count). The van der Waals surface area contributed by atoms with E-state index in [2.05, 4.69) is 10.3 Å². The summed E-state index contributed by atoms with van der Waals surface area (Å²) < 4.78 is 0. The molecule has 0 spiro atoms. The number of rotatable bonds is 3. The number of carboxylic acid groups (broad SMARTS) is 1. The van der Waals surface area contributed by atoms with Crippen LogP contribution in [0, 0.1) is 0 Å². The quantitative estimate of drug-likeness (QED) is 0.865. The van der Waals surface area contributed by atoms with Crippen LogP contribution in [0.5, 0.6) is 0 Å². The zero-order chi connectivity index (χ0) is 12.3. The molecule has 2 unspecified atom stereocenters. The first kappa shape index (κ1) is 12.3. The number of nitrogens with one attached hydrogen (secondary N) is 1. The van der Waals surface area contributed by atoms with Crippen molar-refractivity contribution in [2.45, 2.75) is 37.8 Å². The number of halogens is 1. The lowest BCUT2D eigenvalue weighted by atomic mass is 9.94.